The van der Waals surface area contributed by atoms with E-state index >= 15 is 0 Å². The molecule has 0 amide bonds. The van der Waals surface area contributed by atoms with Crippen molar-refractivity contribution in [2.75, 3.05) is 7.11 Å². The van der Waals surface area contributed by atoms with Crippen LogP contribution in [0.3, 0.4) is 0 Å². The van der Waals surface area contributed by atoms with Gasteiger partial charge in [0.25, 0.3) is 0 Å². The van der Waals surface area contributed by atoms with Gasteiger partial charge in [-0.25, -0.2) is 0 Å². The molecule has 0 aliphatic rings. The van der Waals surface area contributed by atoms with Crippen molar-refractivity contribution >= 4 is 5.78 Å². The zero-order chi connectivity index (χ0) is 11.5. The van der Waals surface area contributed by atoms with Crippen LogP contribution in [0.1, 0.15) is 25.0 Å². The molecule has 0 spiro atoms. The fourth-order valence-corrected chi connectivity index (χ4v) is 1.31. The largest absolute Gasteiger partial charge is 0.371 e. The van der Waals surface area contributed by atoms with Gasteiger partial charge in [0.2, 0.25) is 0 Å². The molecule has 15 heavy (non-hydrogen) atoms. The molecule has 0 bridgehead atoms. The first kappa shape index (κ1) is 11.9. The summed E-state index contributed by atoms with van der Waals surface area (Å²) in [5.41, 5.74) is 1.54. The van der Waals surface area contributed by atoms with Crippen molar-refractivity contribution in [3.8, 4) is 0 Å². The molecule has 1 aromatic carbocycles. The monoisotopic (exact) mass is 206 g/mol. The lowest BCUT2D eigenvalue weighted by molar-refractivity contribution is -0.136. The Labute approximate surface area is 91.3 Å². The van der Waals surface area contributed by atoms with Crippen molar-refractivity contribution in [1.29, 1.82) is 0 Å². The van der Waals surface area contributed by atoms with Crippen LogP contribution in [-0.4, -0.2) is 18.5 Å². The van der Waals surface area contributed by atoms with Crippen molar-refractivity contribution in [1.82, 2.24) is 0 Å². The normalized spacial score (nSPS) is 11.5. The van der Waals surface area contributed by atoms with Gasteiger partial charge in [-0.3, -0.25) is 4.79 Å². The van der Waals surface area contributed by atoms with E-state index in [1.807, 2.05) is 31.2 Å². The number of carbonyl (C=O) groups is 1. The topological polar surface area (TPSA) is 26.3 Å². The van der Waals surface area contributed by atoms with Gasteiger partial charge in [0.05, 0.1) is 0 Å². The predicted molar refractivity (Wildman–Crippen MR) is 61.0 cm³/mol. The number of Topliss-reactive ketones (excluding diaryl/α,β-unsaturated/α-hetero) is 1. The van der Waals surface area contributed by atoms with Crippen LogP contribution in [0.25, 0.3) is 0 Å². The average molecular weight is 206 g/mol. The summed E-state index contributed by atoms with van der Waals surface area (Å²) in [6.45, 7) is 5.61. The van der Waals surface area contributed by atoms with E-state index < -0.39 is 5.60 Å². The highest BCUT2D eigenvalue weighted by atomic mass is 16.5. The van der Waals surface area contributed by atoms with Crippen LogP contribution >= 0.6 is 0 Å². The Morgan fingerprint density at radius 2 is 1.93 bits per heavy atom. The molecular formula is C13H18O2. The van der Waals surface area contributed by atoms with Crippen LogP contribution in [0.5, 0.6) is 0 Å². The zero-order valence-electron chi connectivity index (χ0n) is 9.83. The quantitative estimate of drug-likeness (QED) is 0.756. The third-order valence-corrected chi connectivity index (χ3v) is 2.79. The third-order valence-electron chi connectivity index (χ3n) is 2.79. The van der Waals surface area contributed by atoms with E-state index in [4.69, 9.17) is 4.74 Å². The molecule has 0 N–H and O–H groups in total. The first-order valence-corrected chi connectivity index (χ1v) is 5.10. The van der Waals surface area contributed by atoms with Crippen molar-refractivity contribution in [3.05, 3.63) is 35.4 Å². The summed E-state index contributed by atoms with van der Waals surface area (Å²) in [5, 5.41) is 0. The number of ether oxygens (including phenoxy) is 1. The summed E-state index contributed by atoms with van der Waals surface area (Å²) >= 11 is 0. The number of hydrogen-bond donors (Lipinski definition) is 0. The maximum absolute atomic E-state index is 11.9. The number of methoxy groups -OCH3 is 1. The van der Waals surface area contributed by atoms with E-state index in [9.17, 15) is 4.79 Å². The van der Waals surface area contributed by atoms with Gasteiger partial charge in [0.15, 0.2) is 5.78 Å². The molecule has 0 unspecified atom stereocenters. The van der Waals surface area contributed by atoms with Crippen molar-refractivity contribution in [2.45, 2.75) is 32.8 Å². The molecule has 2 heteroatoms. The van der Waals surface area contributed by atoms with Crippen LogP contribution in [0.15, 0.2) is 24.3 Å². The molecule has 1 rings (SSSR count). The van der Waals surface area contributed by atoms with Gasteiger partial charge < -0.3 is 4.74 Å². The summed E-state index contributed by atoms with van der Waals surface area (Å²) in [6.07, 6.45) is 0.438. The number of benzene rings is 1. The zero-order valence-corrected chi connectivity index (χ0v) is 9.83. The lowest BCUT2D eigenvalue weighted by Gasteiger charge is -2.21. The van der Waals surface area contributed by atoms with Gasteiger partial charge in [-0.15, -0.1) is 0 Å². The van der Waals surface area contributed by atoms with Crippen LogP contribution in [0.2, 0.25) is 0 Å². The molecule has 0 atom stereocenters. The smallest absolute Gasteiger partial charge is 0.168 e. The van der Waals surface area contributed by atoms with Gasteiger partial charge in [-0.2, -0.15) is 0 Å². The van der Waals surface area contributed by atoms with E-state index in [2.05, 4.69) is 0 Å². The van der Waals surface area contributed by atoms with Crippen LogP contribution in [-0.2, 0) is 16.0 Å². The molecule has 0 fully saturated rings. The van der Waals surface area contributed by atoms with E-state index in [1.165, 1.54) is 0 Å². The summed E-state index contributed by atoms with van der Waals surface area (Å²) in [6, 6.07) is 7.93. The molecule has 0 heterocycles. The lowest BCUT2D eigenvalue weighted by Crippen LogP contribution is -2.35. The predicted octanol–water partition coefficient (Wildman–Crippen LogP) is 2.53. The minimum absolute atomic E-state index is 0.110. The standard InChI is InChI=1S/C13H18O2/c1-10-7-5-6-8-11(10)9-12(14)13(2,3)15-4/h5-8H,9H2,1-4H3. The van der Waals surface area contributed by atoms with Crippen LogP contribution in [0, 0.1) is 6.92 Å². The van der Waals surface area contributed by atoms with Crippen molar-refractivity contribution < 1.29 is 9.53 Å². The summed E-state index contributed by atoms with van der Waals surface area (Å²) in [7, 11) is 1.57. The highest BCUT2D eigenvalue weighted by Gasteiger charge is 2.26. The number of ketones is 1. The first-order valence-electron chi connectivity index (χ1n) is 5.10. The Kier molecular flexibility index (Phi) is 3.64. The Morgan fingerprint density at radius 1 is 1.33 bits per heavy atom. The van der Waals surface area contributed by atoms with Gasteiger partial charge in [0, 0.05) is 13.5 Å². The third kappa shape index (κ3) is 2.90. The Balaban J connectivity index is 2.80. The fourth-order valence-electron chi connectivity index (χ4n) is 1.31. The van der Waals surface area contributed by atoms with E-state index in [0.29, 0.717) is 6.42 Å². The number of hydrogen-bond acceptors (Lipinski definition) is 2. The number of aryl methyl sites for hydroxylation is 1. The molecule has 1 aromatic rings. The van der Waals surface area contributed by atoms with Gasteiger partial charge in [-0.05, 0) is 31.9 Å². The second kappa shape index (κ2) is 4.58. The second-order valence-corrected chi connectivity index (χ2v) is 4.24. The minimum atomic E-state index is -0.692. The summed E-state index contributed by atoms with van der Waals surface area (Å²) in [4.78, 5) is 11.9. The maximum atomic E-state index is 11.9. The van der Waals surface area contributed by atoms with E-state index in [-0.39, 0.29) is 5.78 Å². The molecule has 2 nitrogen and oxygen atoms in total. The maximum Gasteiger partial charge on any atom is 0.168 e. The number of rotatable bonds is 4. The minimum Gasteiger partial charge on any atom is -0.371 e. The molecule has 0 aliphatic heterocycles. The van der Waals surface area contributed by atoms with Gasteiger partial charge >= 0.3 is 0 Å². The molecule has 0 saturated carbocycles. The Morgan fingerprint density at radius 3 is 2.47 bits per heavy atom. The average Bonchev–Trinajstić information content (AvgIpc) is 2.21. The summed E-state index contributed by atoms with van der Waals surface area (Å²) in [5.74, 6) is 0.110. The van der Waals surface area contributed by atoms with Gasteiger partial charge in [-0.1, -0.05) is 24.3 Å². The Bertz CT molecular complexity index is 353. The summed E-state index contributed by atoms with van der Waals surface area (Å²) < 4.78 is 5.16. The first-order chi connectivity index (χ1) is 6.97. The molecule has 82 valence electrons. The van der Waals surface area contributed by atoms with Gasteiger partial charge in [0.1, 0.15) is 5.60 Å². The molecule has 0 saturated heterocycles. The van der Waals surface area contributed by atoms with Crippen LogP contribution in [0.4, 0.5) is 0 Å². The highest BCUT2D eigenvalue weighted by Crippen LogP contribution is 2.15. The fraction of sp³-hybridized carbons (Fsp3) is 0.462. The van der Waals surface area contributed by atoms with E-state index in [0.717, 1.165) is 11.1 Å². The SMILES string of the molecule is COC(C)(C)C(=O)Cc1ccccc1C. The van der Waals surface area contributed by atoms with Crippen molar-refractivity contribution in [3.63, 3.8) is 0 Å². The lowest BCUT2D eigenvalue weighted by atomic mass is 9.95. The molecule has 0 aromatic heterocycles. The molecular weight excluding hydrogens is 188 g/mol. The van der Waals surface area contributed by atoms with E-state index in [1.54, 1.807) is 21.0 Å². The van der Waals surface area contributed by atoms with Crippen LogP contribution < -0.4 is 0 Å². The number of carbonyl (C=O) groups excluding carboxylic acids is 1. The Hall–Kier alpha value is -1.15. The van der Waals surface area contributed by atoms with Crippen molar-refractivity contribution in [2.24, 2.45) is 0 Å². The molecule has 0 radical (unpaired) electrons. The second-order valence-electron chi connectivity index (χ2n) is 4.24. The highest BCUT2D eigenvalue weighted by molar-refractivity contribution is 5.88. The molecule has 0 aliphatic carbocycles.